The molecule has 0 spiro atoms. The van der Waals surface area contributed by atoms with E-state index in [9.17, 15) is 8.42 Å². The highest BCUT2D eigenvalue weighted by molar-refractivity contribution is 7.76. The van der Waals surface area contributed by atoms with Crippen LogP contribution in [0.1, 0.15) is 6.42 Å². The number of hydrogen-bond acceptors (Lipinski definition) is 2. The summed E-state index contributed by atoms with van der Waals surface area (Å²) in [6.07, 6.45) is 4.91. The predicted molar refractivity (Wildman–Crippen MR) is 32.9 cm³/mol. The molecule has 0 radical (unpaired) electrons. The van der Waals surface area contributed by atoms with Crippen LogP contribution in [0.25, 0.3) is 0 Å². The van der Waals surface area contributed by atoms with Gasteiger partial charge < -0.3 is 0 Å². The fourth-order valence-electron chi connectivity index (χ4n) is 0.182. The second kappa shape index (κ2) is 3.28. The van der Waals surface area contributed by atoms with Crippen LogP contribution in [0.2, 0.25) is 0 Å². The van der Waals surface area contributed by atoms with Crippen LogP contribution >= 0.6 is 0 Å². The van der Waals surface area contributed by atoms with Crippen LogP contribution in [-0.2, 0) is 10.7 Å². The largest absolute Gasteiger partial charge is 0.227 e. The molecule has 0 amide bonds. The van der Waals surface area contributed by atoms with Crippen LogP contribution in [0.5, 0.6) is 0 Å². The van der Waals surface area contributed by atoms with Crippen molar-refractivity contribution < 1.29 is 8.42 Å². The Morgan fingerprint density at radius 2 is 2.25 bits per heavy atom. The third-order valence-corrected chi connectivity index (χ3v) is 1.24. The maximum atomic E-state index is 9.93. The van der Waals surface area contributed by atoms with E-state index in [0.29, 0.717) is 0 Å². The SMILES string of the molecule is C#CCC(=C)[SH](=O)=O. The summed E-state index contributed by atoms with van der Waals surface area (Å²) in [6, 6.07) is 0. The topological polar surface area (TPSA) is 34.1 Å². The van der Waals surface area contributed by atoms with Gasteiger partial charge in [-0.25, -0.2) is 8.42 Å². The summed E-state index contributed by atoms with van der Waals surface area (Å²) < 4.78 is 19.9. The molecule has 0 aromatic heterocycles. The predicted octanol–water partition coefficient (Wildman–Crippen LogP) is 0.135. The highest BCUT2D eigenvalue weighted by Crippen LogP contribution is 1.93. The van der Waals surface area contributed by atoms with Gasteiger partial charge in [-0.15, -0.1) is 12.3 Å². The molecule has 0 atom stereocenters. The lowest BCUT2D eigenvalue weighted by Gasteiger charge is -1.81. The van der Waals surface area contributed by atoms with Crippen molar-refractivity contribution >= 4 is 10.7 Å². The minimum Gasteiger partial charge on any atom is -0.227 e. The summed E-state index contributed by atoms with van der Waals surface area (Å²) in [5.74, 6) is 2.17. The second-order valence-corrected chi connectivity index (χ2v) is 2.35. The molecule has 0 N–H and O–H groups in total. The second-order valence-electron chi connectivity index (χ2n) is 1.20. The van der Waals surface area contributed by atoms with Gasteiger partial charge >= 0.3 is 0 Å². The van der Waals surface area contributed by atoms with E-state index in [2.05, 4.69) is 12.5 Å². The van der Waals surface area contributed by atoms with Gasteiger partial charge in [0.25, 0.3) is 0 Å². The first-order valence-electron chi connectivity index (χ1n) is 1.94. The first kappa shape index (κ1) is 7.25. The molecule has 8 heavy (non-hydrogen) atoms. The Balaban J connectivity index is 3.91. The Kier molecular flexibility index (Phi) is 2.97. The van der Waals surface area contributed by atoms with Crippen molar-refractivity contribution in [3.05, 3.63) is 11.5 Å². The van der Waals surface area contributed by atoms with Gasteiger partial charge in [0.05, 0.1) is 0 Å². The van der Waals surface area contributed by atoms with Gasteiger partial charge in [-0.3, -0.25) is 0 Å². The van der Waals surface area contributed by atoms with E-state index < -0.39 is 10.7 Å². The van der Waals surface area contributed by atoms with Crippen molar-refractivity contribution in [2.24, 2.45) is 0 Å². The van der Waals surface area contributed by atoms with E-state index >= 15 is 0 Å². The number of thiol groups is 1. The molecule has 0 aliphatic rings. The molecule has 0 saturated carbocycles. The summed E-state index contributed by atoms with van der Waals surface area (Å²) in [5, 5.41) is 0. The third kappa shape index (κ3) is 2.43. The van der Waals surface area contributed by atoms with Crippen LogP contribution < -0.4 is 0 Å². The van der Waals surface area contributed by atoms with Gasteiger partial charge in [-0.05, 0) is 0 Å². The minimum atomic E-state index is -2.50. The highest BCUT2D eigenvalue weighted by atomic mass is 32.2. The quantitative estimate of drug-likeness (QED) is 0.426. The summed E-state index contributed by atoms with van der Waals surface area (Å²) in [6.45, 7) is 3.21. The number of hydrogen-bond donors (Lipinski definition) is 1. The van der Waals surface area contributed by atoms with Crippen molar-refractivity contribution in [3.8, 4) is 12.3 Å². The lowest BCUT2D eigenvalue weighted by molar-refractivity contribution is 0.619. The molecule has 0 rings (SSSR count). The lowest BCUT2D eigenvalue weighted by atomic mass is 10.4. The van der Waals surface area contributed by atoms with E-state index in [1.165, 1.54) is 0 Å². The van der Waals surface area contributed by atoms with E-state index in [1.807, 2.05) is 0 Å². The van der Waals surface area contributed by atoms with Crippen LogP contribution in [0.15, 0.2) is 11.5 Å². The average Bonchev–Trinajstić information content (AvgIpc) is 1.67. The minimum absolute atomic E-state index is 0.0995. The first-order valence-corrected chi connectivity index (χ1v) is 3.12. The monoisotopic (exact) mass is 130 g/mol. The normalized spacial score (nSPS) is 8.50. The van der Waals surface area contributed by atoms with Gasteiger partial charge in [0.2, 0.25) is 0 Å². The molecule has 0 aliphatic heterocycles. The Hall–Kier alpha value is -0.750. The zero-order valence-corrected chi connectivity index (χ0v) is 5.15. The van der Waals surface area contributed by atoms with Crippen LogP contribution in [0, 0.1) is 12.3 Å². The van der Waals surface area contributed by atoms with Crippen LogP contribution in [0.3, 0.4) is 0 Å². The smallest absolute Gasteiger partial charge is 0.164 e. The summed E-state index contributed by atoms with van der Waals surface area (Å²) in [7, 11) is -2.50. The van der Waals surface area contributed by atoms with Gasteiger partial charge in [0.15, 0.2) is 10.7 Å². The molecular formula is C5H6O2S. The number of terminal acetylenes is 1. The van der Waals surface area contributed by atoms with E-state index in [-0.39, 0.29) is 11.3 Å². The third-order valence-electron chi connectivity index (χ3n) is 0.564. The molecule has 0 aromatic rings. The number of rotatable bonds is 2. The van der Waals surface area contributed by atoms with E-state index in [4.69, 9.17) is 6.42 Å². The average molecular weight is 130 g/mol. The van der Waals surface area contributed by atoms with E-state index in [0.717, 1.165) is 0 Å². The standard InChI is InChI=1S/C5H6O2S/c1-3-4-5(2)8(6)7/h1,8H,2,4H2. The molecule has 2 nitrogen and oxygen atoms in total. The molecule has 0 bridgehead atoms. The van der Waals surface area contributed by atoms with Gasteiger partial charge in [-0.1, -0.05) is 6.58 Å². The zero-order chi connectivity index (χ0) is 6.57. The van der Waals surface area contributed by atoms with Gasteiger partial charge in [-0.2, -0.15) is 0 Å². The fraction of sp³-hybridized carbons (Fsp3) is 0.200. The summed E-state index contributed by atoms with van der Waals surface area (Å²) in [5.41, 5.74) is 0. The highest BCUT2D eigenvalue weighted by Gasteiger charge is 1.88. The first-order chi connectivity index (χ1) is 3.68. The molecular weight excluding hydrogens is 124 g/mol. The Bertz CT molecular complexity index is 187. The zero-order valence-electron chi connectivity index (χ0n) is 4.26. The Morgan fingerprint density at radius 3 is 2.38 bits per heavy atom. The molecule has 0 heterocycles. The molecule has 3 heteroatoms. The van der Waals surface area contributed by atoms with Crippen molar-refractivity contribution in [1.29, 1.82) is 0 Å². The summed E-state index contributed by atoms with van der Waals surface area (Å²) in [4.78, 5) is 0.0995. The fourth-order valence-corrected chi connectivity index (χ4v) is 0.403. The van der Waals surface area contributed by atoms with Gasteiger partial charge in [0.1, 0.15) is 0 Å². The Labute approximate surface area is 50.2 Å². The van der Waals surface area contributed by atoms with Gasteiger partial charge in [0, 0.05) is 11.3 Å². The van der Waals surface area contributed by atoms with Crippen molar-refractivity contribution in [1.82, 2.24) is 0 Å². The van der Waals surface area contributed by atoms with E-state index in [1.54, 1.807) is 0 Å². The maximum Gasteiger partial charge on any atom is 0.164 e. The van der Waals surface area contributed by atoms with Crippen molar-refractivity contribution in [3.63, 3.8) is 0 Å². The lowest BCUT2D eigenvalue weighted by Crippen LogP contribution is -1.78. The van der Waals surface area contributed by atoms with Crippen LogP contribution in [0.4, 0.5) is 0 Å². The summed E-state index contributed by atoms with van der Waals surface area (Å²) >= 11 is 0. The molecule has 0 aliphatic carbocycles. The van der Waals surface area contributed by atoms with Crippen LogP contribution in [-0.4, -0.2) is 8.42 Å². The molecule has 0 saturated heterocycles. The molecule has 0 fully saturated rings. The van der Waals surface area contributed by atoms with Crippen molar-refractivity contribution in [2.45, 2.75) is 6.42 Å². The number of allylic oxidation sites excluding steroid dienone is 1. The maximum absolute atomic E-state index is 9.93. The molecule has 44 valence electrons. The molecule has 0 aromatic carbocycles. The Morgan fingerprint density at radius 1 is 1.75 bits per heavy atom. The molecule has 0 unspecified atom stereocenters. The van der Waals surface area contributed by atoms with Crippen molar-refractivity contribution in [2.75, 3.05) is 0 Å².